The zero-order valence-corrected chi connectivity index (χ0v) is 13.8. The lowest BCUT2D eigenvalue weighted by Crippen LogP contribution is -2.26. The van der Waals surface area contributed by atoms with Crippen LogP contribution in [-0.2, 0) is 16.6 Å². The normalized spacial score (nSPS) is 11.8. The van der Waals surface area contributed by atoms with Gasteiger partial charge in [-0.3, -0.25) is 0 Å². The molecule has 0 atom stereocenters. The number of rotatable bonds is 5. The highest BCUT2D eigenvalue weighted by molar-refractivity contribution is 7.89. The summed E-state index contributed by atoms with van der Waals surface area (Å²) in [6.07, 6.45) is 0. The minimum absolute atomic E-state index is 0.0900. The molecule has 21 heavy (non-hydrogen) atoms. The summed E-state index contributed by atoms with van der Waals surface area (Å²) >= 11 is 1.52. The Bertz CT molecular complexity index is 725. The first-order valence-electron chi connectivity index (χ1n) is 6.29. The van der Waals surface area contributed by atoms with E-state index >= 15 is 0 Å². The topological polar surface area (TPSA) is 72.6 Å². The summed E-state index contributed by atoms with van der Waals surface area (Å²) < 4.78 is 31.9. The molecule has 2 aromatic rings. The first kappa shape index (κ1) is 15.8. The monoisotopic (exact) mass is 326 g/mol. The van der Waals surface area contributed by atoms with Gasteiger partial charge in [0.1, 0.15) is 10.6 Å². The van der Waals surface area contributed by atoms with Crippen molar-refractivity contribution >= 4 is 27.0 Å². The molecule has 0 aliphatic heterocycles. The van der Waals surface area contributed by atoms with Gasteiger partial charge in [0.15, 0.2) is 0 Å². The molecule has 2 rings (SSSR count). The number of benzene rings is 1. The second-order valence-corrected chi connectivity index (χ2v) is 7.75. The largest absolute Gasteiger partial charge is 0.495 e. The maximum absolute atomic E-state index is 12.7. The lowest BCUT2D eigenvalue weighted by molar-refractivity contribution is 0.397. The minimum atomic E-state index is -3.66. The van der Waals surface area contributed by atoms with E-state index in [0.717, 1.165) is 10.4 Å². The number of aryl methyl sites for hydroxylation is 1. The van der Waals surface area contributed by atoms with Crippen LogP contribution >= 0.6 is 11.3 Å². The molecule has 0 aliphatic carbocycles. The van der Waals surface area contributed by atoms with Crippen molar-refractivity contribution in [2.75, 3.05) is 19.9 Å². The predicted molar refractivity (Wildman–Crippen MR) is 85.1 cm³/mol. The molecule has 1 aromatic carbocycles. The van der Waals surface area contributed by atoms with Crippen molar-refractivity contribution in [1.29, 1.82) is 0 Å². The SMILES string of the molecule is COc1cc(C)c(N)cc1S(=O)(=O)N(C)Cc1cccs1. The Morgan fingerprint density at radius 3 is 2.67 bits per heavy atom. The number of nitrogens with two attached hydrogens (primary N) is 1. The fourth-order valence-electron chi connectivity index (χ4n) is 1.91. The Morgan fingerprint density at radius 2 is 2.10 bits per heavy atom. The zero-order valence-electron chi connectivity index (χ0n) is 12.2. The third-order valence-corrected chi connectivity index (χ3v) is 5.88. The van der Waals surface area contributed by atoms with Crippen molar-refractivity contribution in [3.05, 3.63) is 40.1 Å². The van der Waals surface area contributed by atoms with Crippen LogP contribution in [0.5, 0.6) is 5.75 Å². The summed E-state index contributed by atoms with van der Waals surface area (Å²) in [5.41, 5.74) is 7.05. The summed E-state index contributed by atoms with van der Waals surface area (Å²) in [4.78, 5) is 1.06. The molecule has 0 unspecified atom stereocenters. The Labute approximate surface area is 129 Å². The predicted octanol–water partition coefficient (Wildman–Crippen LogP) is 2.47. The van der Waals surface area contributed by atoms with E-state index in [1.807, 2.05) is 24.4 Å². The fourth-order valence-corrected chi connectivity index (χ4v) is 4.07. The maximum Gasteiger partial charge on any atom is 0.246 e. The molecular weight excluding hydrogens is 308 g/mol. The molecule has 114 valence electrons. The number of ether oxygens (including phenoxy) is 1. The molecule has 0 saturated heterocycles. The number of hydrogen-bond acceptors (Lipinski definition) is 5. The summed E-state index contributed by atoms with van der Waals surface area (Å²) in [5, 5.41) is 1.92. The highest BCUT2D eigenvalue weighted by atomic mass is 32.2. The second kappa shape index (κ2) is 6.05. The molecule has 0 fully saturated rings. The molecule has 1 heterocycles. The van der Waals surface area contributed by atoms with E-state index in [-0.39, 0.29) is 4.90 Å². The Hall–Kier alpha value is -1.57. The average molecular weight is 326 g/mol. The number of nitrogen functional groups attached to an aromatic ring is 1. The van der Waals surface area contributed by atoms with Crippen LogP contribution in [0.1, 0.15) is 10.4 Å². The Morgan fingerprint density at radius 1 is 1.38 bits per heavy atom. The van der Waals surface area contributed by atoms with Crippen LogP contribution in [-0.4, -0.2) is 26.9 Å². The lowest BCUT2D eigenvalue weighted by Gasteiger charge is -2.19. The van der Waals surface area contributed by atoms with Gasteiger partial charge in [0.05, 0.1) is 7.11 Å². The molecular formula is C14H18N2O3S2. The van der Waals surface area contributed by atoms with E-state index in [9.17, 15) is 8.42 Å². The van der Waals surface area contributed by atoms with Gasteiger partial charge in [-0.1, -0.05) is 6.07 Å². The molecule has 0 radical (unpaired) electrons. The quantitative estimate of drug-likeness (QED) is 0.857. The summed E-state index contributed by atoms with van der Waals surface area (Å²) in [6, 6.07) is 6.89. The summed E-state index contributed by atoms with van der Waals surface area (Å²) in [6.45, 7) is 2.13. The zero-order chi connectivity index (χ0) is 15.6. The van der Waals surface area contributed by atoms with Crippen LogP contribution in [0.4, 0.5) is 5.69 Å². The van der Waals surface area contributed by atoms with Gasteiger partial charge >= 0.3 is 0 Å². The van der Waals surface area contributed by atoms with Crippen LogP contribution in [0.25, 0.3) is 0 Å². The van der Waals surface area contributed by atoms with E-state index in [1.54, 1.807) is 13.1 Å². The number of sulfonamides is 1. The highest BCUT2D eigenvalue weighted by Crippen LogP contribution is 2.31. The Kier molecular flexibility index (Phi) is 4.55. The van der Waals surface area contributed by atoms with Crippen molar-refractivity contribution in [3.63, 3.8) is 0 Å². The van der Waals surface area contributed by atoms with E-state index in [0.29, 0.717) is 18.0 Å². The summed E-state index contributed by atoms with van der Waals surface area (Å²) in [5.74, 6) is 0.305. The van der Waals surface area contributed by atoms with Crippen LogP contribution < -0.4 is 10.5 Å². The first-order valence-corrected chi connectivity index (χ1v) is 8.61. The van der Waals surface area contributed by atoms with Gasteiger partial charge < -0.3 is 10.5 Å². The second-order valence-electron chi connectivity index (χ2n) is 4.70. The molecule has 0 aliphatic rings. The van der Waals surface area contributed by atoms with Crippen LogP contribution in [0, 0.1) is 6.92 Å². The van der Waals surface area contributed by atoms with E-state index in [2.05, 4.69) is 0 Å². The Balaban J connectivity index is 2.41. The van der Waals surface area contributed by atoms with E-state index < -0.39 is 10.0 Å². The third kappa shape index (κ3) is 3.20. The van der Waals surface area contributed by atoms with Crippen molar-refractivity contribution in [3.8, 4) is 5.75 Å². The number of hydrogen-bond donors (Lipinski definition) is 1. The number of anilines is 1. The molecule has 1 aromatic heterocycles. The van der Waals surface area contributed by atoms with Crippen molar-refractivity contribution in [1.82, 2.24) is 4.31 Å². The van der Waals surface area contributed by atoms with Crippen molar-refractivity contribution < 1.29 is 13.2 Å². The van der Waals surface area contributed by atoms with Gasteiger partial charge in [0.25, 0.3) is 0 Å². The molecule has 0 amide bonds. The van der Waals surface area contributed by atoms with Gasteiger partial charge in [-0.25, -0.2) is 8.42 Å². The van der Waals surface area contributed by atoms with Crippen LogP contribution in [0.2, 0.25) is 0 Å². The third-order valence-electron chi connectivity index (χ3n) is 3.20. The van der Waals surface area contributed by atoms with E-state index in [1.165, 1.54) is 28.8 Å². The van der Waals surface area contributed by atoms with E-state index in [4.69, 9.17) is 10.5 Å². The first-order chi connectivity index (χ1) is 9.86. The molecule has 7 heteroatoms. The van der Waals surface area contributed by atoms with Gasteiger partial charge in [-0.15, -0.1) is 11.3 Å². The van der Waals surface area contributed by atoms with Crippen LogP contribution in [0.3, 0.4) is 0 Å². The van der Waals surface area contributed by atoms with Crippen molar-refractivity contribution in [2.24, 2.45) is 0 Å². The average Bonchev–Trinajstić information content (AvgIpc) is 2.94. The minimum Gasteiger partial charge on any atom is -0.495 e. The standard InChI is InChI=1S/C14H18N2O3S2/c1-10-7-13(19-3)14(8-12(10)15)21(17,18)16(2)9-11-5-4-6-20-11/h4-8H,9,15H2,1-3H3. The van der Waals surface area contributed by atoms with Gasteiger partial charge in [-0.2, -0.15) is 4.31 Å². The van der Waals surface area contributed by atoms with Gasteiger partial charge in [0.2, 0.25) is 10.0 Å². The number of thiophene rings is 1. The van der Waals surface area contributed by atoms with Gasteiger partial charge in [-0.05, 0) is 36.1 Å². The molecule has 2 N–H and O–H groups in total. The molecule has 0 spiro atoms. The lowest BCUT2D eigenvalue weighted by atomic mass is 10.2. The maximum atomic E-state index is 12.7. The number of nitrogens with zero attached hydrogens (tertiary/aromatic N) is 1. The highest BCUT2D eigenvalue weighted by Gasteiger charge is 2.26. The molecule has 5 nitrogen and oxygen atoms in total. The summed E-state index contributed by atoms with van der Waals surface area (Å²) in [7, 11) is -0.668. The molecule has 0 saturated carbocycles. The van der Waals surface area contributed by atoms with Crippen molar-refractivity contribution in [2.45, 2.75) is 18.4 Å². The van der Waals surface area contributed by atoms with Gasteiger partial charge in [0, 0.05) is 24.2 Å². The molecule has 0 bridgehead atoms. The number of methoxy groups -OCH3 is 1. The van der Waals surface area contributed by atoms with Crippen LogP contribution in [0.15, 0.2) is 34.5 Å². The fraction of sp³-hybridized carbons (Fsp3) is 0.286. The smallest absolute Gasteiger partial charge is 0.246 e.